The van der Waals surface area contributed by atoms with E-state index < -0.39 is 18.0 Å². The van der Waals surface area contributed by atoms with E-state index in [9.17, 15) is 9.59 Å². The van der Waals surface area contributed by atoms with Gasteiger partial charge >= 0.3 is 5.97 Å². The van der Waals surface area contributed by atoms with Crippen LogP contribution in [0.4, 0.5) is 5.69 Å². The maximum absolute atomic E-state index is 12.2. The predicted molar refractivity (Wildman–Crippen MR) is 97.9 cm³/mol. The number of aromatic nitrogens is 1. The average molecular weight is 361 g/mol. The Hall–Kier alpha value is -2.40. The van der Waals surface area contributed by atoms with Gasteiger partial charge in [0.25, 0.3) is 5.91 Å². The Morgan fingerprint density at radius 3 is 2.40 bits per heavy atom. The average Bonchev–Trinajstić information content (AvgIpc) is 2.62. The molecule has 5 nitrogen and oxygen atoms in total. The molecule has 2 atom stereocenters. The Morgan fingerprint density at radius 1 is 1.16 bits per heavy atom. The molecule has 0 aliphatic rings. The van der Waals surface area contributed by atoms with Gasteiger partial charge in [-0.3, -0.25) is 4.79 Å². The van der Waals surface area contributed by atoms with Gasteiger partial charge in [-0.1, -0.05) is 37.6 Å². The van der Waals surface area contributed by atoms with Crippen LogP contribution in [0.3, 0.4) is 0 Å². The second-order valence-corrected chi connectivity index (χ2v) is 6.22. The number of pyridine rings is 1. The summed E-state index contributed by atoms with van der Waals surface area (Å²) < 4.78 is 5.16. The zero-order chi connectivity index (χ0) is 18.4. The molecular weight excluding hydrogens is 340 g/mol. The molecule has 1 aromatic carbocycles. The molecule has 0 unspecified atom stereocenters. The van der Waals surface area contributed by atoms with E-state index in [1.54, 1.807) is 0 Å². The van der Waals surface area contributed by atoms with Crippen molar-refractivity contribution in [1.82, 2.24) is 4.98 Å². The van der Waals surface area contributed by atoms with E-state index in [4.69, 9.17) is 16.3 Å². The molecular formula is C19H21ClN2O3. The SMILES string of the molecule is CC[C@H](C)c1ccc(NC(=O)[C@@H](C)OC(=O)c2ccc(Cl)nc2)cc1. The standard InChI is InChI=1S/C19H21ClN2O3/c1-4-12(2)14-5-8-16(9-6-14)22-18(23)13(3)25-19(24)15-7-10-17(20)21-11-15/h5-13H,4H2,1-3H3,(H,22,23)/t12-,13+/m0/s1. The normalized spacial score (nSPS) is 13.0. The Balaban J connectivity index is 1.93. The lowest BCUT2D eigenvalue weighted by atomic mass is 9.99. The summed E-state index contributed by atoms with van der Waals surface area (Å²) in [5, 5.41) is 3.02. The number of hydrogen-bond donors (Lipinski definition) is 1. The molecule has 0 radical (unpaired) electrons. The van der Waals surface area contributed by atoms with E-state index >= 15 is 0 Å². The van der Waals surface area contributed by atoms with Crippen molar-refractivity contribution >= 4 is 29.2 Å². The van der Waals surface area contributed by atoms with E-state index in [0.717, 1.165) is 6.42 Å². The van der Waals surface area contributed by atoms with E-state index in [0.29, 0.717) is 11.6 Å². The summed E-state index contributed by atoms with van der Waals surface area (Å²) in [6, 6.07) is 10.6. The largest absolute Gasteiger partial charge is 0.449 e. The molecule has 2 rings (SSSR count). The van der Waals surface area contributed by atoms with Crippen molar-refractivity contribution in [3.05, 3.63) is 58.9 Å². The van der Waals surface area contributed by atoms with Crippen molar-refractivity contribution in [2.75, 3.05) is 5.32 Å². The summed E-state index contributed by atoms with van der Waals surface area (Å²) in [7, 11) is 0. The Morgan fingerprint density at radius 2 is 1.84 bits per heavy atom. The van der Waals surface area contributed by atoms with E-state index in [-0.39, 0.29) is 10.7 Å². The first-order valence-corrected chi connectivity index (χ1v) is 8.51. The third kappa shape index (κ3) is 5.29. The minimum absolute atomic E-state index is 0.238. The molecule has 1 amide bonds. The van der Waals surface area contributed by atoms with Crippen LogP contribution >= 0.6 is 11.6 Å². The predicted octanol–water partition coefficient (Wildman–Crippen LogP) is 4.43. The molecule has 0 bridgehead atoms. The lowest BCUT2D eigenvalue weighted by Gasteiger charge is -2.14. The van der Waals surface area contributed by atoms with Gasteiger partial charge in [0.05, 0.1) is 5.56 Å². The molecule has 2 aromatic rings. The first-order chi connectivity index (χ1) is 11.9. The van der Waals surface area contributed by atoms with Crippen LogP contribution in [0.1, 0.15) is 49.0 Å². The van der Waals surface area contributed by atoms with Crippen molar-refractivity contribution in [2.45, 2.75) is 39.2 Å². The van der Waals surface area contributed by atoms with E-state index in [1.807, 2.05) is 24.3 Å². The van der Waals surface area contributed by atoms with Crippen molar-refractivity contribution in [3.8, 4) is 0 Å². The number of ether oxygens (including phenoxy) is 1. The third-order valence-corrected chi connectivity index (χ3v) is 4.20. The fourth-order valence-corrected chi connectivity index (χ4v) is 2.27. The smallest absolute Gasteiger partial charge is 0.340 e. The summed E-state index contributed by atoms with van der Waals surface area (Å²) in [6.07, 6.45) is 1.43. The molecule has 132 valence electrons. The molecule has 1 heterocycles. The second-order valence-electron chi connectivity index (χ2n) is 5.84. The van der Waals surface area contributed by atoms with Crippen molar-refractivity contribution in [3.63, 3.8) is 0 Å². The summed E-state index contributed by atoms with van der Waals surface area (Å²) in [6.45, 7) is 5.80. The molecule has 0 aliphatic carbocycles. The number of halogens is 1. The first-order valence-electron chi connectivity index (χ1n) is 8.14. The lowest BCUT2D eigenvalue weighted by molar-refractivity contribution is -0.123. The summed E-state index contributed by atoms with van der Waals surface area (Å²) in [5.41, 5.74) is 2.12. The zero-order valence-electron chi connectivity index (χ0n) is 14.5. The van der Waals surface area contributed by atoms with Crippen LogP contribution in [0.25, 0.3) is 0 Å². The van der Waals surface area contributed by atoms with Crippen LogP contribution < -0.4 is 5.32 Å². The topological polar surface area (TPSA) is 68.3 Å². The van der Waals surface area contributed by atoms with Crippen LogP contribution in [0.2, 0.25) is 5.15 Å². The molecule has 6 heteroatoms. The number of carbonyl (C=O) groups excluding carboxylic acids is 2. The fourth-order valence-electron chi connectivity index (χ4n) is 2.15. The lowest BCUT2D eigenvalue weighted by Crippen LogP contribution is -2.30. The van der Waals surface area contributed by atoms with Gasteiger partial charge < -0.3 is 10.1 Å². The minimum atomic E-state index is -0.933. The summed E-state index contributed by atoms with van der Waals surface area (Å²) in [4.78, 5) is 28.0. The van der Waals surface area contributed by atoms with Crippen LogP contribution in [0.15, 0.2) is 42.6 Å². The van der Waals surface area contributed by atoms with Crippen LogP contribution in [0.5, 0.6) is 0 Å². The van der Waals surface area contributed by atoms with Gasteiger partial charge in [-0.2, -0.15) is 0 Å². The Kier molecular flexibility index (Phi) is 6.53. The molecule has 1 aromatic heterocycles. The van der Waals surface area contributed by atoms with Gasteiger partial charge in [-0.15, -0.1) is 0 Å². The highest BCUT2D eigenvalue weighted by molar-refractivity contribution is 6.29. The van der Waals surface area contributed by atoms with Gasteiger partial charge in [0.1, 0.15) is 5.15 Å². The van der Waals surface area contributed by atoms with Gasteiger partial charge in [0.2, 0.25) is 0 Å². The summed E-state index contributed by atoms with van der Waals surface area (Å²) in [5.74, 6) is -0.553. The quantitative estimate of drug-likeness (QED) is 0.611. The zero-order valence-corrected chi connectivity index (χ0v) is 15.2. The minimum Gasteiger partial charge on any atom is -0.449 e. The number of esters is 1. The van der Waals surface area contributed by atoms with Crippen molar-refractivity contribution < 1.29 is 14.3 Å². The van der Waals surface area contributed by atoms with Gasteiger partial charge in [-0.25, -0.2) is 9.78 Å². The molecule has 0 saturated heterocycles. The highest BCUT2D eigenvalue weighted by atomic mass is 35.5. The van der Waals surface area contributed by atoms with E-state index in [1.165, 1.54) is 30.8 Å². The van der Waals surface area contributed by atoms with E-state index in [2.05, 4.69) is 24.1 Å². The highest BCUT2D eigenvalue weighted by Crippen LogP contribution is 2.20. The number of carbonyl (C=O) groups is 2. The maximum Gasteiger partial charge on any atom is 0.340 e. The number of anilines is 1. The molecule has 0 spiro atoms. The molecule has 0 saturated carbocycles. The van der Waals surface area contributed by atoms with Crippen LogP contribution in [0, 0.1) is 0 Å². The maximum atomic E-state index is 12.2. The Labute approximate surface area is 152 Å². The number of benzene rings is 1. The monoisotopic (exact) mass is 360 g/mol. The van der Waals surface area contributed by atoms with Gasteiger partial charge in [-0.05, 0) is 49.1 Å². The number of amides is 1. The first kappa shape index (κ1) is 18.9. The van der Waals surface area contributed by atoms with Crippen molar-refractivity contribution in [2.24, 2.45) is 0 Å². The molecule has 25 heavy (non-hydrogen) atoms. The van der Waals surface area contributed by atoms with Gasteiger partial charge in [0.15, 0.2) is 6.10 Å². The van der Waals surface area contributed by atoms with Gasteiger partial charge in [0, 0.05) is 11.9 Å². The fraction of sp³-hybridized carbons (Fsp3) is 0.316. The van der Waals surface area contributed by atoms with Crippen molar-refractivity contribution in [1.29, 1.82) is 0 Å². The number of hydrogen-bond acceptors (Lipinski definition) is 4. The highest BCUT2D eigenvalue weighted by Gasteiger charge is 2.19. The molecule has 0 fully saturated rings. The molecule has 1 N–H and O–H groups in total. The third-order valence-electron chi connectivity index (χ3n) is 3.98. The number of rotatable bonds is 6. The number of nitrogens with zero attached hydrogens (tertiary/aromatic N) is 1. The Bertz CT molecular complexity index is 729. The van der Waals surface area contributed by atoms with Crippen LogP contribution in [-0.4, -0.2) is 23.0 Å². The van der Waals surface area contributed by atoms with Crippen LogP contribution in [-0.2, 0) is 9.53 Å². The molecule has 0 aliphatic heterocycles. The second kappa shape index (κ2) is 8.62. The summed E-state index contributed by atoms with van der Waals surface area (Å²) >= 11 is 5.68. The number of nitrogens with one attached hydrogen (secondary N) is 1.